The summed E-state index contributed by atoms with van der Waals surface area (Å²) in [6.07, 6.45) is 6.27. The predicted molar refractivity (Wildman–Crippen MR) is 57.8 cm³/mol. The van der Waals surface area contributed by atoms with Gasteiger partial charge in [-0.15, -0.1) is 0 Å². The van der Waals surface area contributed by atoms with E-state index in [0.29, 0.717) is 0 Å². The molecule has 0 rings (SSSR count). The molecule has 0 radical (unpaired) electrons. The molecule has 4 N–H and O–H groups in total. The molecule has 0 aromatic heterocycles. The normalized spacial score (nSPS) is 7.78. The van der Waals surface area contributed by atoms with Gasteiger partial charge in [-0.2, -0.15) is 0 Å². The van der Waals surface area contributed by atoms with Crippen LogP contribution in [-0.4, -0.2) is 24.7 Å². The molecule has 0 heterocycles. The third kappa shape index (κ3) is 36.2. The largest absolute Gasteiger partial charge is 3.00 e. The fourth-order valence-corrected chi connectivity index (χ4v) is 0.508. The van der Waals surface area contributed by atoms with Gasteiger partial charge in [-0.3, -0.25) is 9.59 Å². The van der Waals surface area contributed by atoms with Gasteiger partial charge < -0.3 is 25.6 Å². The van der Waals surface area contributed by atoms with Crippen molar-refractivity contribution in [2.24, 2.45) is 11.5 Å². The Bertz CT molecular complexity index is 213. The van der Waals surface area contributed by atoms with Gasteiger partial charge in [-0.25, -0.2) is 0 Å². The van der Waals surface area contributed by atoms with Gasteiger partial charge in [0, 0.05) is 0 Å². The quantitative estimate of drug-likeness (QED) is 0.390. The standard InChI is InChI=1S/2C5H9NO.3FH.Nb/c2*1-2-3-5(7)4-6;;;;/h2*2-3H,4,6H2,1H3;3*1H;/q;;;;;+3/p-3/b2*3-2+;;;;. The second-order valence-corrected chi connectivity index (χ2v) is 2.34. The average molecular weight is 348 g/mol. The minimum Gasteiger partial charge on any atom is -1.00 e. The van der Waals surface area contributed by atoms with Gasteiger partial charge in [0.15, 0.2) is 11.6 Å². The monoisotopic (exact) mass is 348 g/mol. The molecule has 0 aromatic carbocycles. The molecule has 18 heavy (non-hydrogen) atoms. The Labute approximate surface area is 120 Å². The summed E-state index contributed by atoms with van der Waals surface area (Å²) in [5.41, 5.74) is 9.91. The fraction of sp³-hybridized carbons (Fsp3) is 0.400. The van der Waals surface area contributed by atoms with E-state index in [1.807, 2.05) is 0 Å². The molecule has 0 aromatic rings. The van der Waals surface area contributed by atoms with E-state index in [1.54, 1.807) is 26.0 Å². The Morgan fingerprint density at radius 3 is 1.11 bits per heavy atom. The van der Waals surface area contributed by atoms with Crippen LogP contribution < -0.4 is 25.6 Å². The van der Waals surface area contributed by atoms with Crippen LogP contribution in [0.5, 0.6) is 0 Å². The van der Waals surface area contributed by atoms with Gasteiger partial charge in [0.1, 0.15) is 0 Å². The Hall–Kier alpha value is -0.730. The maximum absolute atomic E-state index is 10.2. The topological polar surface area (TPSA) is 86.2 Å². The van der Waals surface area contributed by atoms with Gasteiger partial charge in [0.2, 0.25) is 0 Å². The van der Waals surface area contributed by atoms with Crippen molar-refractivity contribution in [1.29, 1.82) is 0 Å². The summed E-state index contributed by atoms with van der Waals surface area (Å²) in [6.45, 7) is 3.80. The van der Waals surface area contributed by atoms with Crippen molar-refractivity contribution in [3.63, 3.8) is 0 Å². The van der Waals surface area contributed by atoms with E-state index in [9.17, 15) is 9.59 Å². The second kappa shape index (κ2) is 29.9. The van der Waals surface area contributed by atoms with Crippen molar-refractivity contribution in [1.82, 2.24) is 0 Å². The summed E-state index contributed by atoms with van der Waals surface area (Å²) in [4.78, 5) is 20.4. The van der Waals surface area contributed by atoms with Crippen LogP contribution in [0.3, 0.4) is 0 Å². The van der Waals surface area contributed by atoms with Gasteiger partial charge in [-0.05, 0) is 26.0 Å². The van der Waals surface area contributed by atoms with Crippen molar-refractivity contribution in [2.75, 3.05) is 13.1 Å². The van der Waals surface area contributed by atoms with Gasteiger partial charge in [0.25, 0.3) is 0 Å². The van der Waals surface area contributed by atoms with Crippen molar-refractivity contribution in [2.45, 2.75) is 13.8 Å². The Morgan fingerprint density at radius 2 is 1.06 bits per heavy atom. The van der Waals surface area contributed by atoms with Crippen LogP contribution in [0.1, 0.15) is 13.8 Å². The first kappa shape index (κ1) is 36.0. The van der Waals surface area contributed by atoms with Gasteiger partial charge in [0.05, 0.1) is 13.1 Å². The van der Waals surface area contributed by atoms with E-state index >= 15 is 0 Å². The third-order valence-corrected chi connectivity index (χ3v) is 1.11. The third-order valence-electron chi connectivity index (χ3n) is 1.11. The van der Waals surface area contributed by atoms with Gasteiger partial charge >= 0.3 is 22.4 Å². The zero-order chi connectivity index (χ0) is 11.4. The number of allylic oxidation sites excluding steroid dienone is 2. The number of rotatable bonds is 4. The zero-order valence-corrected chi connectivity index (χ0v) is 12.5. The first-order valence-electron chi connectivity index (χ1n) is 4.33. The number of carbonyl (C=O) groups excluding carboxylic acids is 2. The molecule has 0 atom stereocenters. The smallest absolute Gasteiger partial charge is 1.00 e. The van der Waals surface area contributed by atoms with Crippen molar-refractivity contribution >= 4 is 11.6 Å². The van der Waals surface area contributed by atoms with Crippen molar-refractivity contribution < 1.29 is 46.1 Å². The summed E-state index contributed by atoms with van der Waals surface area (Å²) in [6, 6.07) is 0. The Kier molecular flexibility index (Phi) is 59.7. The molecule has 0 bridgehead atoms. The van der Waals surface area contributed by atoms with E-state index in [4.69, 9.17) is 11.5 Å². The zero-order valence-electron chi connectivity index (χ0n) is 10.3. The van der Waals surface area contributed by atoms with Crippen molar-refractivity contribution in [3.8, 4) is 0 Å². The summed E-state index contributed by atoms with van der Waals surface area (Å²) in [7, 11) is 0. The number of carbonyl (C=O) groups is 2. The summed E-state index contributed by atoms with van der Waals surface area (Å²) in [5, 5.41) is 0. The molecule has 0 aliphatic rings. The van der Waals surface area contributed by atoms with E-state index in [1.165, 1.54) is 12.2 Å². The SMILES string of the molecule is C/C=C/C(=O)CN.C/C=C/C(=O)CN.[F-].[F-].[F-].[Nb+3]. The van der Waals surface area contributed by atoms with Crippen LogP contribution in [0, 0.1) is 0 Å². The van der Waals surface area contributed by atoms with Crippen LogP contribution in [0.2, 0.25) is 0 Å². The average Bonchev–Trinajstić information content (AvgIpc) is 2.19. The summed E-state index contributed by atoms with van der Waals surface area (Å²) in [5.74, 6) is -0.0509. The molecule has 0 aliphatic heterocycles. The minimum atomic E-state index is -0.0255. The number of hydrogen-bond donors (Lipinski definition) is 2. The molecular formula is C10H18F3N2NbO2. The van der Waals surface area contributed by atoms with E-state index in [2.05, 4.69) is 0 Å². The summed E-state index contributed by atoms with van der Waals surface area (Å²) < 4.78 is 0. The summed E-state index contributed by atoms with van der Waals surface area (Å²) >= 11 is 0. The molecule has 106 valence electrons. The molecule has 0 saturated carbocycles. The van der Waals surface area contributed by atoms with Crippen LogP contribution in [0.25, 0.3) is 0 Å². The number of nitrogens with two attached hydrogens (primary N) is 2. The van der Waals surface area contributed by atoms with Crippen molar-refractivity contribution in [3.05, 3.63) is 24.3 Å². The maximum atomic E-state index is 10.2. The first-order chi connectivity index (χ1) is 6.62. The number of ketones is 2. The molecule has 0 spiro atoms. The molecule has 8 heteroatoms. The molecular weight excluding hydrogens is 330 g/mol. The van der Waals surface area contributed by atoms with E-state index < -0.39 is 0 Å². The minimum absolute atomic E-state index is 0. The van der Waals surface area contributed by atoms with Gasteiger partial charge in [-0.1, -0.05) is 12.2 Å². The molecule has 0 amide bonds. The number of halogens is 3. The van der Waals surface area contributed by atoms with E-state index in [-0.39, 0.29) is 61.1 Å². The predicted octanol–water partition coefficient (Wildman–Crippen LogP) is -8.81. The van der Waals surface area contributed by atoms with Crippen LogP contribution in [0.15, 0.2) is 24.3 Å². The van der Waals surface area contributed by atoms with Crippen LogP contribution in [0.4, 0.5) is 0 Å². The molecule has 0 saturated heterocycles. The van der Waals surface area contributed by atoms with E-state index in [0.717, 1.165) is 0 Å². The Morgan fingerprint density at radius 1 is 0.833 bits per heavy atom. The molecule has 0 aliphatic carbocycles. The molecule has 4 nitrogen and oxygen atoms in total. The molecule has 0 unspecified atom stereocenters. The van der Waals surface area contributed by atoms with Crippen LogP contribution in [-0.2, 0) is 32.0 Å². The van der Waals surface area contributed by atoms with Crippen LogP contribution >= 0.6 is 0 Å². The fourth-order valence-electron chi connectivity index (χ4n) is 0.508. The second-order valence-electron chi connectivity index (χ2n) is 2.34. The maximum Gasteiger partial charge on any atom is 3.00 e. The first-order valence-corrected chi connectivity index (χ1v) is 4.33. The Balaban J connectivity index is -0.0000000327. The number of hydrogen-bond acceptors (Lipinski definition) is 4. The molecule has 0 fully saturated rings.